The Morgan fingerprint density at radius 3 is 2.40 bits per heavy atom. The number of anilines is 1. The lowest BCUT2D eigenvalue weighted by Gasteiger charge is -2.23. The third-order valence-electron chi connectivity index (χ3n) is 4.75. The second kappa shape index (κ2) is 7.09. The highest BCUT2D eigenvalue weighted by Crippen LogP contribution is 2.36. The van der Waals surface area contributed by atoms with E-state index in [2.05, 4.69) is 5.32 Å². The largest absolute Gasteiger partial charge is 0.492 e. The van der Waals surface area contributed by atoms with Gasteiger partial charge >= 0.3 is 0 Å². The van der Waals surface area contributed by atoms with Gasteiger partial charge in [0.15, 0.2) is 0 Å². The average Bonchev–Trinajstić information content (AvgIpc) is 2.87. The fourth-order valence-corrected chi connectivity index (χ4v) is 3.41. The molecule has 1 aliphatic carbocycles. The topological polar surface area (TPSA) is 75.7 Å². The van der Waals surface area contributed by atoms with Crippen LogP contribution in [0.1, 0.15) is 26.7 Å². The van der Waals surface area contributed by atoms with Crippen molar-refractivity contribution in [2.45, 2.75) is 32.7 Å². The molecule has 0 radical (unpaired) electrons. The first-order valence-electron chi connectivity index (χ1n) is 8.59. The number of ether oxygens (including phenoxy) is 1. The minimum atomic E-state index is -0.861. The molecule has 0 bridgehead atoms. The number of imide groups is 1. The number of hydrogen-bond donors (Lipinski definition) is 1. The molecule has 1 saturated heterocycles. The molecule has 132 valence electrons. The van der Waals surface area contributed by atoms with Gasteiger partial charge in [-0.15, -0.1) is 0 Å². The normalized spacial score (nSPS) is 23.4. The number of allylic oxidation sites excluding steroid dienone is 2. The molecule has 1 aromatic carbocycles. The molecular weight excluding hydrogens is 320 g/mol. The van der Waals surface area contributed by atoms with E-state index in [4.69, 9.17) is 4.74 Å². The lowest BCUT2D eigenvalue weighted by molar-refractivity contribution is -0.146. The highest BCUT2D eigenvalue weighted by atomic mass is 16.5. The van der Waals surface area contributed by atoms with E-state index in [9.17, 15) is 14.4 Å². The van der Waals surface area contributed by atoms with Gasteiger partial charge in [0.25, 0.3) is 0 Å². The summed E-state index contributed by atoms with van der Waals surface area (Å²) >= 11 is 0. The Morgan fingerprint density at radius 1 is 1.20 bits per heavy atom. The van der Waals surface area contributed by atoms with Crippen LogP contribution in [-0.4, -0.2) is 35.3 Å². The number of amides is 3. The Labute approximate surface area is 146 Å². The van der Waals surface area contributed by atoms with Crippen LogP contribution in [0.25, 0.3) is 0 Å². The Kier molecular flexibility index (Phi) is 4.88. The number of fused-ring (bicyclic) bond motifs is 1. The highest BCUT2D eigenvalue weighted by Gasteiger charge is 2.50. The number of carbonyl (C=O) groups excluding carboxylic acids is 3. The Hall–Kier alpha value is -2.63. The molecule has 3 amide bonds. The first-order valence-corrected chi connectivity index (χ1v) is 8.59. The zero-order valence-electron chi connectivity index (χ0n) is 14.4. The van der Waals surface area contributed by atoms with Crippen LogP contribution in [0, 0.1) is 11.8 Å². The van der Waals surface area contributed by atoms with Gasteiger partial charge in [-0.3, -0.25) is 19.3 Å². The van der Waals surface area contributed by atoms with Crippen LogP contribution in [0.15, 0.2) is 36.4 Å². The van der Waals surface area contributed by atoms with Crippen molar-refractivity contribution in [3.63, 3.8) is 0 Å². The SMILES string of the molecule is CCOc1ccccc1NC(=O)[C@H](C)N1C(=O)[C@H]2CC=CC[C@@H]2C1=O. The summed E-state index contributed by atoms with van der Waals surface area (Å²) in [5.74, 6) is -1.00. The van der Waals surface area contributed by atoms with Crippen molar-refractivity contribution >= 4 is 23.4 Å². The molecule has 0 unspecified atom stereocenters. The van der Waals surface area contributed by atoms with Gasteiger partial charge in [-0.1, -0.05) is 24.3 Å². The highest BCUT2D eigenvalue weighted by molar-refractivity contribution is 6.10. The van der Waals surface area contributed by atoms with Gasteiger partial charge in [0, 0.05) is 0 Å². The van der Waals surface area contributed by atoms with Crippen LogP contribution in [0.4, 0.5) is 5.69 Å². The zero-order valence-corrected chi connectivity index (χ0v) is 14.4. The average molecular weight is 342 g/mol. The smallest absolute Gasteiger partial charge is 0.247 e. The monoisotopic (exact) mass is 342 g/mol. The van der Waals surface area contributed by atoms with Crippen LogP contribution in [-0.2, 0) is 14.4 Å². The first-order chi connectivity index (χ1) is 12.0. The van der Waals surface area contributed by atoms with E-state index in [0.29, 0.717) is 30.9 Å². The number of para-hydroxylation sites is 2. The van der Waals surface area contributed by atoms with Crippen LogP contribution < -0.4 is 10.1 Å². The molecule has 3 atom stereocenters. The molecule has 1 N–H and O–H groups in total. The van der Waals surface area contributed by atoms with E-state index in [1.165, 1.54) is 0 Å². The minimum Gasteiger partial charge on any atom is -0.492 e. The van der Waals surface area contributed by atoms with Gasteiger partial charge in [0.1, 0.15) is 11.8 Å². The minimum absolute atomic E-state index is 0.250. The van der Waals surface area contributed by atoms with Crippen molar-refractivity contribution in [1.82, 2.24) is 4.90 Å². The molecule has 1 heterocycles. The molecule has 0 saturated carbocycles. The van der Waals surface area contributed by atoms with E-state index in [-0.39, 0.29) is 23.7 Å². The van der Waals surface area contributed by atoms with Crippen molar-refractivity contribution in [3.8, 4) is 5.75 Å². The van der Waals surface area contributed by atoms with E-state index in [1.807, 2.05) is 25.1 Å². The summed E-state index contributed by atoms with van der Waals surface area (Å²) in [5.41, 5.74) is 0.527. The lowest BCUT2D eigenvalue weighted by atomic mass is 9.85. The quantitative estimate of drug-likeness (QED) is 0.658. The molecule has 6 nitrogen and oxygen atoms in total. The summed E-state index contributed by atoms with van der Waals surface area (Å²) in [6.45, 7) is 3.92. The van der Waals surface area contributed by atoms with Crippen LogP contribution in [0.2, 0.25) is 0 Å². The predicted molar refractivity (Wildman–Crippen MR) is 92.9 cm³/mol. The van der Waals surface area contributed by atoms with Crippen molar-refractivity contribution in [2.24, 2.45) is 11.8 Å². The Morgan fingerprint density at radius 2 is 1.80 bits per heavy atom. The maximum Gasteiger partial charge on any atom is 0.247 e. The van der Waals surface area contributed by atoms with E-state index in [0.717, 1.165) is 4.90 Å². The summed E-state index contributed by atoms with van der Waals surface area (Å²) in [5, 5.41) is 2.77. The molecule has 6 heteroatoms. The zero-order chi connectivity index (χ0) is 18.0. The molecule has 2 aliphatic rings. The summed E-state index contributed by atoms with van der Waals surface area (Å²) in [7, 11) is 0. The molecular formula is C19H22N2O4. The third-order valence-corrected chi connectivity index (χ3v) is 4.75. The first kappa shape index (κ1) is 17.2. The van der Waals surface area contributed by atoms with Gasteiger partial charge in [-0.25, -0.2) is 0 Å². The maximum atomic E-state index is 12.6. The molecule has 0 spiro atoms. The molecule has 1 fully saturated rings. The Bertz CT molecular complexity index is 702. The number of nitrogens with zero attached hydrogens (tertiary/aromatic N) is 1. The summed E-state index contributed by atoms with van der Waals surface area (Å²) in [6.07, 6.45) is 4.98. The lowest BCUT2D eigenvalue weighted by Crippen LogP contribution is -2.46. The fourth-order valence-electron chi connectivity index (χ4n) is 3.41. The van der Waals surface area contributed by atoms with Gasteiger partial charge in [-0.05, 0) is 38.8 Å². The number of likely N-dealkylation sites (tertiary alicyclic amines) is 1. The van der Waals surface area contributed by atoms with Gasteiger partial charge in [0.2, 0.25) is 17.7 Å². The van der Waals surface area contributed by atoms with Gasteiger partial charge < -0.3 is 10.1 Å². The standard InChI is InChI=1S/C19H22N2O4/c1-3-25-16-11-7-6-10-15(16)20-17(22)12(2)21-18(23)13-8-4-5-9-14(13)19(21)24/h4-7,10-14H,3,8-9H2,1-2H3,(H,20,22)/t12-,13-,14-/m0/s1. The van der Waals surface area contributed by atoms with Gasteiger partial charge in [-0.2, -0.15) is 0 Å². The number of carbonyl (C=O) groups is 3. The summed E-state index contributed by atoms with van der Waals surface area (Å²) < 4.78 is 5.49. The molecule has 1 aromatic rings. The second-order valence-corrected chi connectivity index (χ2v) is 6.30. The predicted octanol–water partition coefficient (Wildman–Crippen LogP) is 2.36. The van der Waals surface area contributed by atoms with Crippen molar-refractivity contribution < 1.29 is 19.1 Å². The molecule has 3 rings (SSSR count). The van der Waals surface area contributed by atoms with Gasteiger partial charge in [0.05, 0.1) is 24.1 Å². The fraction of sp³-hybridized carbons (Fsp3) is 0.421. The van der Waals surface area contributed by atoms with Crippen molar-refractivity contribution in [2.75, 3.05) is 11.9 Å². The van der Waals surface area contributed by atoms with Crippen LogP contribution >= 0.6 is 0 Å². The van der Waals surface area contributed by atoms with Crippen LogP contribution in [0.5, 0.6) is 5.75 Å². The Balaban J connectivity index is 1.75. The van der Waals surface area contributed by atoms with E-state index in [1.54, 1.807) is 25.1 Å². The van der Waals surface area contributed by atoms with Crippen LogP contribution in [0.3, 0.4) is 0 Å². The number of nitrogens with one attached hydrogen (secondary N) is 1. The van der Waals surface area contributed by atoms with E-state index < -0.39 is 11.9 Å². The van der Waals surface area contributed by atoms with Crippen molar-refractivity contribution in [3.05, 3.63) is 36.4 Å². The number of rotatable bonds is 5. The second-order valence-electron chi connectivity index (χ2n) is 6.30. The molecule has 1 aliphatic heterocycles. The van der Waals surface area contributed by atoms with E-state index >= 15 is 0 Å². The number of benzene rings is 1. The summed E-state index contributed by atoms with van der Waals surface area (Å²) in [4.78, 5) is 38.9. The van der Waals surface area contributed by atoms with Crippen molar-refractivity contribution in [1.29, 1.82) is 0 Å². The maximum absolute atomic E-state index is 12.6. The molecule has 0 aromatic heterocycles. The molecule has 25 heavy (non-hydrogen) atoms. The number of hydrogen-bond acceptors (Lipinski definition) is 4. The summed E-state index contributed by atoms with van der Waals surface area (Å²) in [6, 6.07) is 6.23. The third kappa shape index (κ3) is 3.16.